The van der Waals surface area contributed by atoms with Gasteiger partial charge in [-0.3, -0.25) is 0 Å². The number of ether oxygens (including phenoxy) is 2. The van der Waals surface area contributed by atoms with Gasteiger partial charge in [0.15, 0.2) is 11.5 Å². The van der Waals surface area contributed by atoms with Gasteiger partial charge < -0.3 is 14.0 Å². The Morgan fingerprint density at radius 1 is 1.21 bits per heavy atom. The van der Waals surface area contributed by atoms with Gasteiger partial charge in [0.2, 0.25) is 18.4 Å². The smallest absolute Gasteiger partial charge is 0.231 e. The molecule has 2 aliphatic rings. The highest BCUT2D eigenvalue weighted by molar-refractivity contribution is 7.71. The van der Waals surface area contributed by atoms with Gasteiger partial charge in [-0.1, -0.05) is 18.3 Å². The molecule has 0 N–H and O–H groups in total. The van der Waals surface area contributed by atoms with E-state index in [4.69, 9.17) is 21.7 Å². The minimum atomic E-state index is -1.06. The van der Waals surface area contributed by atoms with Crippen molar-refractivity contribution in [3.63, 3.8) is 0 Å². The van der Waals surface area contributed by atoms with Crippen molar-refractivity contribution in [2.75, 3.05) is 6.79 Å². The third-order valence-electron chi connectivity index (χ3n) is 2.85. The highest BCUT2D eigenvalue weighted by atomic mass is 32.1. The van der Waals surface area contributed by atoms with Gasteiger partial charge in [-0.15, -0.1) is 0 Å². The lowest BCUT2D eigenvalue weighted by molar-refractivity contribution is 0.123. The van der Waals surface area contributed by atoms with Gasteiger partial charge in [-0.2, -0.15) is 8.78 Å². The zero-order valence-electron chi connectivity index (χ0n) is 9.94. The number of aryl methyl sites for hydroxylation is 1. The van der Waals surface area contributed by atoms with Crippen molar-refractivity contribution in [3.8, 4) is 17.2 Å². The van der Waals surface area contributed by atoms with Crippen LogP contribution in [0.2, 0.25) is 0 Å². The van der Waals surface area contributed by atoms with Crippen molar-refractivity contribution >= 4 is 12.2 Å². The molecule has 0 saturated carbocycles. The van der Waals surface area contributed by atoms with Crippen LogP contribution >= 0.6 is 12.2 Å². The summed E-state index contributed by atoms with van der Waals surface area (Å²) in [5, 5.41) is 0. The van der Waals surface area contributed by atoms with Crippen LogP contribution in [0.4, 0.5) is 8.78 Å². The second-order valence-corrected chi connectivity index (χ2v) is 4.59. The highest BCUT2D eigenvalue weighted by Crippen LogP contribution is 2.37. The van der Waals surface area contributed by atoms with Gasteiger partial charge in [0.05, 0.1) is 5.69 Å². The molecule has 1 aromatic carbocycles. The van der Waals surface area contributed by atoms with Gasteiger partial charge in [-0.25, -0.2) is 0 Å². The first kappa shape index (κ1) is 12.1. The molecule has 6 heteroatoms. The molecule has 2 aromatic rings. The predicted molar refractivity (Wildman–Crippen MR) is 67.4 cm³/mol. The molecule has 0 fully saturated rings. The van der Waals surface area contributed by atoms with Crippen LogP contribution in [-0.2, 0) is 0 Å². The largest absolute Gasteiger partial charge is 0.454 e. The lowest BCUT2D eigenvalue weighted by Crippen LogP contribution is -2.04. The maximum atomic E-state index is 13.9. The van der Waals surface area contributed by atoms with E-state index in [-0.39, 0.29) is 18.3 Å². The molecule has 4 rings (SSSR count). The van der Waals surface area contributed by atoms with Gasteiger partial charge in [0.1, 0.15) is 4.64 Å². The van der Waals surface area contributed by atoms with E-state index in [2.05, 4.69) is 0 Å². The van der Waals surface area contributed by atoms with Crippen molar-refractivity contribution < 1.29 is 18.3 Å². The summed E-state index contributed by atoms with van der Waals surface area (Å²) in [4.78, 5) is 0. The summed E-state index contributed by atoms with van der Waals surface area (Å²) in [5.74, 6) is -2.48. The number of hydrogen-bond donors (Lipinski definition) is 0. The fraction of sp³-hybridized carbons (Fsp3) is 0.154. The average molecular weight is 281 g/mol. The number of pyridine rings is 1. The van der Waals surface area contributed by atoms with Gasteiger partial charge in [0.25, 0.3) is 0 Å². The van der Waals surface area contributed by atoms with Crippen LogP contribution in [-0.4, -0.2) is 11.4 Å². The molecule has 0 radical (unpaired) electrons. The number of hydrogen-bond acceptors (Lipinski definition) is 3. The van der Waals surface area contributed by atoms with Crippen molar-refractivity contribution in [1.29, 1.82) is 0 Å². The van der Waals surface area contributed by atoms with Crippen LogP contribution in [0.1, 0.15) is 5.56 Å². The third kappa shape index (κ3) is 1.88. The van der Waals surface area contributed by atoms with Crippen molar-refractivity contribution in [1.82, 2.24) is 4.57 Å². The van der Waals surface area contributed by atoms with Crippen LogP contribution < -0.4 is 9.47 Å². The molecule has 98 valence electrons. The second-order valence-electron chi connectivity index (χ2n) is 4.17. The van der Waals surface area contributed by atoms with Crippen molar-refractivity contribution in [2.24, 2.45) is 0 Å². The summed E-state index contributed by atoms with van der Waals surface area (Å²) in [6, 6.07) is 4.94. The summed E-state index contributed by atoms with van der Waals surface area (Å²) in [7, 11) is 0. The molecule has 0 amide bonds. The standard InChI is InChI=1S/C13H9F2NO2S/c1-7-2-3-10(19)16(5-7)8-4-9-11(14)12(15)13(8)18-6-17-9/h2-5H,6H2,1H3. The first-order chi connectivity index (χ1) is 9.08. The molecular formula is C13H9F2NO2S. The summed E-state index contributed by atoms with van der Waals surface area (Å²) >= 11 is 5.19. The number of rotatable bonds is 1. The molecule has 2 bridgehead atoms. The monoisotopic (exact) mass is 281 g/mol. The van der Waals surface area contributed by atoms with Gasteiger partial charge in [0, 0.05) is 12.3 Å². The lowest BCUT2D eigenvalue weighted by atomic mass is 10.2. The molecule has 19 heavy (non-hydrogen) atoms. The summed E-state index contributed by atoms with van der Waals surface area (Å²) in [6.45, 7) is 1.65. The van der Waals surface area contributed by atoms with E-state index >= 15 is 0 Å². The van der Waals surface area contributed by atoms with E-state index in [0.717, 1.165) is 5.56 Å². The maximum Gasteiger partial charge on any atom is 0.231 e. The van der Waals surface area contributed by atoms with Crippen LogP contribution in [0, 0.1) is 23.2 Å². The minimum absolute atomic E-state index is 0.183. The van der Waals surface area contributed by atoms with E-state index in [1.807, 2.05) is 13.0 Å². The maximum absolute atomic E-state index is 13.9. The molecule has 3 heterocycles. The van der Waals surface area contributed by atoms with Gasteiger partial charge >= 0.3 is 0 Å². The molecule has 2 aliphatic heterocycles. The van der Waals surface area contributed by atoms with Crippen molar-refractivity contribution in [3.05, 3.63) is 46.2 Å². The quantitative estimate of drug-likeness (QED) is 0.747. The third-order valence-corrected chi connectivity index (χ3v) is 3.18. The average Bonchev–Trinajstić information content (AvgIpc) is 2.68. The molecule has 3 nitrogen and oxygen atoms in total. The van der Waals surface area contributed by atoms with Crippen LogP contribution in [0.15, 0.2) is 24.4 Å². The Morgan fingerprint density at radius 2 is 2.00 bits per heavy atom. The van der Waals surface area contributed by atoms with E-state index in [9.17, 15) is 8.78 Å². The molecular weight excluding hydrogens is 272 g/mol. The number of benzene rings is 1. The first-order valence-electron chi connectivity index (χ1n) is 5.55. The SMILES string of the molecule is Cc1ccc(=S)n(-c2cc3c(F)c(F)c2OCO3)c1. The lowest BCUT2D eigenvalue weighted by Gasteiger charge is -2.12. The fourth-order valence-corrected chi connectivity index (χ4v) is 2.15. The Hall–Kier alpha value is -1.95. The topological polar surface area (TPSA) is 23.4 Å². The number of nitrogens with zero attached hydrogens (tertiary/aromatic N) is 1. The molecule has 1 aromatic heterocycles. The van der Waals surface area contributed by atoms with Crippen LogP contribution in [0.25, 0.3) is 5.69 Å². The zero-order chi connectivity index (χ0) is 13.6. The minimum Gasteiger partial charge on any atom is -0.454 e. The van der Waals surface area contributed by atoms with E-state index in [0.29, 0.717) is 10.3 Å². The zero-order valence-corrected chi connectivity index (χ0v) is 10.8. The Kier molecular flexibility index (Phi) is 2.74. The second kappa shape index (κ2) is 4.31. The van der Waals surface area contributed by atoms with E-state index in [1.54, 1.807) is 16.8 Å². The predicted octanol–water partition coefficient (Wildman–Crippen LogP) is 3.52. The Labute approximate surface area is 113 Å². The normalized spacial score (nSPS) is 12.8. The van der Waals surface area contributed by atoms with E-state index in [1.165, 1.54) is 6.07 Å². The molecule has 0 spiro atoms. The fourth-order valence-electron chi connectivity index (χ4n) is 1.93. The number of fused-ring (bicyclic) bond motifs is 4. The molecule has 0 aliphatic carbocycles. The van der Waals surface area contributed by atoms with Crippen molar-refractivity contribution in [2.45, 2.75) is 6.92 Å². The molecule has 0 unspecified atom stereocenters. The Morgan fingerprint density at radius 3 is 2.79 bits per heavy atom. The Bertz CT molecular complexity index is 727. The summed E-state index contributed by atoms with van der Waals surface area (Å²) in [5.41, 5.74) is 1.27. The Balaban J connectivity index is 2.33. The van der Waals surface area contributed by atoms with Gasteiger partial charge in [-0.05, 0) is 18.6 Å². The molecule has 0 atom stereocenters. The van der Waals surface area contributed by atoms with Crippen LogP contribution in [0.5, 0.6) is 11.5 Å². The van der Waals surface area contributed by atoms with Crippen LogP contribution in [0.3, 0.4) is 0 Å². The summed E-state index contributed by atoms with van der Waals surface area (Å²) < 4.78 is 39.5. The first-order valence-corrected chi connectivity index (χ1v) is 5.96. The molecule has 0 saturated heterocycles. The van der Waals surface area contributed by atoms with E-state index < -0.39 is 11.6 Å². The number of halogens is 2. The number of aromatic nitrogens is 1. The summed E-state index contributed by atoms with van der Waals surface area (Å²) in [6.07, 6.45) is 1.73. The highest BCUT2D eigenvalue weighted by Gasteiger charge is 2.25.